The highest BCUT2D eigenvalue weighted by Gasteiger charge is 2.05. The van der Waals surface area contributed by atoms with Crippen molar-refractivity contribution in [1.29, 1.82) is 0 Å². The molecule has 0 radical (unpaired) electrons. The smallest absolute Gasteiger partial charge is 0.00104 e. The van der Waals surface area contributed by atoms with Gasteiger partial charge in [-0.05, 0) is 35.6 Å². The average Bonchev–Trinajstić information content (AvgIpc) is 2.47. The van der Waals surface area contributed by atoms with Gasteiger partial charge in [0.25, 0.3) is 0 Å². The second-order valence-electron chi connectivity index (χ2n) is 5.94. The second-order valence-corrected chi connectivity index (χ2v) is 5.94. The summed E-state index contributed by atoms with van der Waals surface area (Å²) in [6.07, 6.45) is 1.13. The van der Waals surface area contributed by atoms with Gasteiger partial charge in [-0.3, -0.25) is 0 Å². The van der Waals surface area contributed by atoms with Gasteiger partial charge in [-0.25, -0.2) is 0 Å². The van der Waals surface area contributed by atoms with E-state index < -0.39 is 0 Å². The van der Waals surface area contributed by atoms with Crippen molar-refractivity contribution in [2.45, 2.75) is 33.2 Å². The highest BCUT2D eigenvalue weighted by atomic mass is 14.9. The summed E-state index contributed by atoms with van der Waals surface area (Å²) in [5, 5.41) is 3.50. The molecular formula is C19H25N. The lowest BCUT2D eigenvalue weighted by atomic mass is 9.98. The third kappa shape index (κ3) is 4.50. The van der Waals surface area contributed by atoms with E-state index in [2.05, 4.69) is 80.7 Å². The van der Waals surface area contributed by atoms with Gasteiger partial charge in [0.05, 0.1) is 0 Å². The Kier molecular flexibility index (Phi) is 5.37. The van der Waals surface area contributed by atoms with Gasteiger partial charge in [0, 0.05) is 6.04 Å². The van der Waals surface area contributed by atoms with Gasteiger partial charge in [-0.1, -0.05) is 75.4 Å². The van der Waals surface area contributed by atoms with Crippen LogP contribution in [0.4, 0.5) is 0 Å². The Hall–Kier alpha value is -1.60. The molecule has 0 heterocycles. The zero-order valence-electron chi connectivity index (χ0n) is 12.8. The van der Waals surface area contributed by atoms with Gasteiger partial charge >= 0.3 is 0 Å². The molecule has 0 bridgehead atoms. The van der Waals surface area contributed by atoms with Crippen molar-refractivity contribution < 1.29 is 0 Å². The topological polar surface area (TPSA) is 12.0 Å². The molecule has 1 heteroatoms. The van der Waals surface area contributed by atoms with Crippen LogP contribution in [0.3, 0.4) is 0 Å². The van der Waals surface area contributed by atoms with E-state index in [9.17, 15) is 0 Å². The highest BCUT2D eigenvalue weighted by Crippen LogP contribution is 2.20. The predicted octanol–water partition coefficient (Wildman–Crippen LogP) is 4.53. The monoisotopic (exact) mass is 267 g/mol. The molecule has 0 aliphatic heterocycles. The van der Waals surface area contributed by atoms with E-state index in [0.717, 1.165) is 13.0 Å². The molecule has 1 nitrogen and oxygen atoms in total. The molecule has 1 atom stereocenters. The van der Waals surface area contributed by atoms with Crippen LogP contribution in [0.1, 0.15) is 26.3 Å². The normalized spacial score (nSPS) is 12.6. The van der Waals surface area contributed by atoms with Crippen molar-refractivity contribution in [3.8, 4) is 11.1 Å². The first kappa shape index (κ1) is 14.8. The Labute approximate surface area is 123 Å². The molecule has 2 aromatic rings. The van der Waals surface area contributed by atoms with Crippen LogP contribution in [0, 0.1) is 5.92 Å². The second kappa shape index (κ2) is 7.25. The molecule has 0 saturated carbocycles. The molecule has 0 amide bonds. The molecule has 1 unspecified atom stereocenters. The van der Waals surface area contributed by atoms with E-state index in [4.69, 9.17) is 0 Å². The lowest BCUT2D eigenvalue weighted by Crippen LogP contribution is -2.28. The van der Waals surface area contributed by atoms with Crippen molar-refractivity contribution >= 4 is 0 Å². The molecule has 0 aromatic heterocycles. The summed E-state index contributed by atoms with van der Waals surface area (Å²) in [5.41, 5.74) is 4.00. The lowest BCUT2D eigenvalue weighted by Gasteiger charge is -2.15. The summed E-state index contributed by atoms with van der Waals surface area (Å²) in [7, 11) is 0. The van der Waals surface area contributed by atoms with Crippen LogP contribution in [-0.4, -0.2) is 12.6 Å². The van der Waals surface area contributed by atoms with Crippen LogP contribution >= 0.6 is 0 Å². The first-order valence-corrected chi connectivity index (χ1v) is 7.53. The minimum absolute atomic E-state index is 0.568. The zero-order chi connectivity index (χ0) is 14.4. The molecule has 20 heavy (non-hydrogen) atoms. The fraction of sp³-hybridized carbons (Fsp3) is 0.368. The van der Waals surface area contributed by atoms with Crippen LogP contribution in [0.15, 0.2) is 54.6 Å². The first-order valence-electron chi connectivity index (χ1n) is 7.53. The van der Waals surface area contributed by atoms with Gasteiger partial charge in [0.1, 0.15) is 0 Å². The number of hydrogen-bond donors (Lipinski definition) is 1. The summed E-state index contributed by atoms with van der Waals surface area (Å²) < 4.78 is 0. The molecule has 106 valence electrons. The van der Waals surface area contributed by atoms with Gasteiger partial charge in [0.2, 0.25) is 0 Å². The highest BCUT2D eigenvalue weighted by molar-refractivity contribution is 5.63. The molecule has 2 aromatic carbocycles. The fourth-order valence-electron chi connectivity index (χ4n) is 2.38. The predicted molar refractivity (Wildman–Crippen MR) is 87.9 cm³/mol. The minimum atomic E-state index is 0.568. The number of nitrogens with one attached hydrogen (secondary N) is 1. The van der Waals surface area contributed by atoms with Crippen molar-refractivity contribution in [3.63, 3.8) is 0 Å². The van der Waals surface area contributed by atoms with E-state index in [-0.39, 0.29) is 0 Å². The Morgan fingerprint density at radius 2 is 1.40 bits per heavy atom. The molecule has 0 fully saturated rings. The van der Waals surface area contributed by atoms with E-state index in [1.807, 2.05) is 0 Å². The molecular weight excluding hydrogens is 242 g/mol. The van der Waals surface area contributed by atoms with Crippen LogP contribution in [0.2, 0.25) is 0 Å². The van der Waals surface area contributed by atoms with Crippen LogP contribution in [0.5, 0.6) is 0 Å². The van der Waals surface area contributed by atoms with Gasteiger partial charge < -0.3 is 5.32 Å². The maximum atomic E-state index is 3.50. The Bertz CT molecular complexity index is 499. The van der Waals surface area contributed by atoms with Gasteiger partial charge in [-0.15, -0.1) is 0 Å². The number of benzene rings is 2. The van der Waals surface area contributed by atoms with Gasteiger partial charge in [0.15, 0.2) is 0 Å². The largest absolute Gasteiger partial charge is 0.314 e. The van der Waals surface area contributed by atoms with Crippen LogP contribution < -0.4 is 5.32 Å². The van der Waals surface area contributed by atoms with Crippen molar-refractivity contribution in [1.82, 2.24) is 5.32 Å². The van der Waals surface area contributed by atoms with Gasteiger partial charge in [-0.2, -0.15) is 0 Å². The molecule has 0 aliphatic carbocycles. The standard InChI is InChI=1S/C19H25N/c1-15(2)20-14-16(3)13-17-9-11-19(12-10-17)18-7-5-4-6-8-18/h4-12,15-16,20H,13-14H2,1-3H3. The maximum Gasteiger partial charge on any atom is 0.00104 e. The van der Waals surface area contributed by atoms with E-state index in [0.29, 0.717) is 12.0 Å². The Morgan fingerprint density at radius 3 is 2.00 bits per heavy atom. The van der Waals surface area contributed by atoms with Crippen LogP contribution in [-0.2, 0) is 6.42 Å². The lowest BCUT2D eigenvalue weighted by molar-refractivity contribution is 0.476. The third-order valence-corrected chi connectivity index (χ3v) is 3.52. The average molecular weight is 267 g/mol. The summed E-state index contributed by atoms with van der Waals surface area (Å²) >= 11 is 0. The minimum Gasteiger partial charge on any atom is -0.314 e. The van der Waals surface area contributed by atoms with E-state index in [1.54, 1.807) is 0 Å². The molecule has 0 aliphatic rings. The summed E-state index contributed by atoms with van der Waals surface area (Å²) in [6, 6.07) is 20.1. The van der Waals surface area contributed by atoms with E-state index >= 15 is 0 Å². The SMILES string of the molecule is CC(CNC(C)C)Cc1ccc(-c2ccccc2)cc1. The first-order chi connectivity index (χ1) is 9.65. The van der Waals surface area contributed by atoms with Crippen molar-refractivity contribution in [2.24, 2.45) is 5.92 Å². The number of rotatable bonds is 6. The zero-order valence-corrected chi connectivity index (χ0v) is 12.8. The van der Waals surface area contributed by atoms with Crippen LogP contribution in [0.25, 0.3) is 11.1 Å². The Balaban J connectivity index is 1.95. The summed E-state index contributed by atoms with van der Waals surface area (Å²) in [6.45, 7) is 7.78. The maximum absolute atomic E-state index is 3.50. The number of hydrogen-bond acceptors (Lipinski definition) is 1. The van der Waals surface area contributed by atoms with Crippen molar-refractivity contribution in [2.75, 3.05) is 6.54 Å². The molecule has 0 saturated heterocycles. The molecule has 0 spiro atoms. The van der Waals surface area contributed by atoms with Crippen molar-refractivity contribution in [3.05, 3.63) is 60.2 Å². The fourth-order valence-corrected chi connectivity index (χ4v) is 2.38. The Morgan fingerprint density at radius 1 is 0.800 bits per heavy atom. The quantitative estimate of drug-likeness (QED) is 0.811. The summed E-state index contributed by atoms with van der Waals surface area (Å²) in [4.78, 5) is 0. The third-order valence-electron chi connectivity index (χ3n) is 3.52. The summed E-state index contributed by atoms with van der Waals surface area (Å²) in [5.74, 6) is 0.667. The van der Waals surface area contributed by atoms with E-state index in [1.165, 1.54) is 16.7 Å². The molecule has 2 rings (SSSR count). The molecule has 1 N–H and O–H groups in total.